The molecule has 4 aromatic rings. The van der Waals surface area contributed by atoms with Crippen LogP contribution in [0.15, 0.2) is 35.6 Å². The van der Waals surface area contributed by atoms with Gasteiger partial charge < -0.3 is 16.5 Å². The molecule has 0 unspecified atom stereocenters. The molecule has 1 aliphatic carbocycles. The molecule has 27 heavy (non-hydrogen) atoms. The summed E-state index contributed by atoms with van der Waals surface area (Å²) in [7, 11) is 0. The molecule has 136 valence electrons. The van der Waals surface area contributed by atoms with Crippen LogP contribution < -0.4 is 11.5 Å². The van der Waals surface area contributed by atoms with Crippen molar-refractivity contribution in [3.63, 3.8) is 0 Å². The summed E-state index contributed by atoms with van der Waals surface area (Å²) in [6.07, 6.45) is 4.26. The molecule has 0 saturated heterocycles. The molecule has 0 aliphatic heterocycles. The summed E-state index contributed by atoms with van der Waals surface area (Å²) >= 11 is 1.52. The number of fused-ring (bicyclic) bond motifs is 1. The fourth-order valence-electron chi connectivity index (χ4n) is 3.13. The normalized spacial score (nSPS) is 14.1. The lowest BCUT2D eigenvalue weighted by atomic mass is 10.1. The van der Waals surface area contributed by atoms with Gasteiger partial charge in [-0.2, -0.15) is 15.0 Å². The number of rotatable bonds is 5. The van der Waals surface area contributed by atoms with Crippen molar-refractivity contribution in [1.29, 1.82) is 0 Å². The van der Waals surface area contributed by atoms with Crippen molar-refractivity contribution >= 4 is 34.6 Å². The lowest BCUT2D eigenvalue weighted by Crippen LogP contribution is -2.06. The fraction of sp³-hybridized carbons (Fsp3) is 0.235. The average Bonchev–Trinajstić information content (AvgIpc) is 3.26. The van der Waals surface area contributed by atoms with Gasteiger partial charge in [-0.25, -0.2) is 0 Å². The molecule has 5 N–H and O–H groups in total. The number of nitrogen functional groups attached to an aromatic ring is 2. The first kappa shape index (κ1) is 16.1. The van der Waals surface area contributed by atoms with E-state index in [2.05, 4.69) is 46.8 Å². The number of nitrogens with zero attached hydrogens (tertiary/aromatic N) is 6. The molecule has 1 aromatic carbocycles. The van der Waals surface area contributed by atoms with Crippen molar-refractivity contribution in [3.05, 3.63) is 36.3 Å². The number of nitrogens with two attached hydrogens (primary N) is 2. The number of aromatic nitrogens is 7. The van der Waals surface area contributed by atoms with Crippen molar-refractivity contribution < 1.29 is 0 Å². The van der Waals surface area contributed by atoms with Gasteiger partial charge in [-0.15, -0.1) is 10.2 Å². The second kappa shape index (κ2) is 6.23. The molecule has 3 heterocycles. The van der Waals surface area contributed by atoms with Crippen LogP contribution in [0.4, 0.5) is 11.9 Å². The van der Waals surface area contributed by atoms with Crippen LogP contribution in [-0.4, -0.2) is 34.7 Å². The maximum absolute atomic E-state index is 5.65. The Balaban J connectivity index is 1.49. The van der Waals surface area contributed by atoms with E-state index in [4.69, 9.17) is 11.5 Å². The fourth-order valence-corrected chi connectivity index (χ4v) is 3.99. The zero-order valence-electron chi connectivity index (χ0n) is 14.3. The third-order valence-corrected chi connectivity index (χ3v) is 5.39. The van der Waals surface area contributed by atoms with E-state index < -0.39 is 0 Å². The van der Waals surface area contributed by atoms with E-state index in [9.17, 15) is 0 Å². The number of anilines is 2. The van der Waals surface area contributed by atoms with Crippen LogP contribution in [-0.2, 0) is 5.75 Å². The lowest BCUT2D eigenvalue weighted by Gasteiger charge is -2.08. The molecule has 0 radical (unpaired) electrons. The molecule has 0 spiro atoms. The Bertz CT molecular complexity index is 1110. The van der Waals surface area contributed by atoms with Crippen LogP contribution in [0, 0.1) is 0 Å². The smallest absolute Gasteiger partial charge is 0.225 e. The van der Waals surface area contributed by atoms with Gasteiger partial charge >= 0.3 is 0 Å². The SMILES string of the molecule is Nc1nc(N)nc(CSc2nnc(-c3c[nH]c4ccccc34)n2C2CC2)n1. The molecule has 1 aliphatic rings. The van der Waals surface area contributed by atoms with Gasteiger partial charge in [-0.1, -0.05) is 30.0 Å². The summed E-state index contributed by atoms with van der Waals surface area (Å²) in [6.45, 7) is 0. The minimum absolute atomic E-state index is 0.126. The van der Waals surface area contributed by atoms with Gasteiger partial charge in [0.05, 0.1) is 5.75 Å². The maximum Gasteiger partial charge on any atom is 0.225 e. The van der Waals surface area contributed by atoms with Gasteiger partial charge in [0.15, 0.2) is 11.0 Å². The van der Waals surface area contributed by atoms with Gasteiger partial charge in [0.1, 0.15) is 5.82 Å². The van der Waals surface area contributed by atoms with Crippen LogP contribution in [0.25, 0.3) is 22.3 Å². The first-order valence-corrected chi connectivity index (χ1v) is 9.57. The van der Waals surface area contributed by atoms with E-state index in [0.717, 1.165) is 40.3 Å². The third-order valence-electron chi connectivity index (χ3n) is 4.45. The molecule has 9 nitrogen and oxygen atoms in total. The van der Waals surface area contributed by atoms with Crippen LogP contribution in [0.1, 0.15) is 24.7 Å². The van der Waals surface area contributed by atoms with Gasteiger partial charge in [0, 0.05) is 28.7 Å². The number of para-hydroxylation sites is 1. The van der Waals surface area contributed by atoms with Gasteiger partial charge in [0.2, 0.25) is 11.9 Å². The maximum atomic E-state index is 5.65. The zero-order valence-corrected chi connectivity index (χ0v) is 15.1. The molecule has 0 amide bonds. The number of thioether (sulfide) groups is 1. The van der Waals surface area contributed by atoms with E-state index in [1.165, 1.54) is 11.8 Å². The van der Waals surface area contributed by atoms with Crippen molar-refractivity contribution in [3.8, 4) is 11.4 Å². The summed E-state index contributed by atoms with van der Waals surface area (Å²) in [4.78, 5) is 15.4. The van der Waals surface area contributed by atoms with Gasteiger partial charge in [-0.05, 0) is 18.9 Å². The standard InChI is InChI=1S/C17H17N9S/c18-15-21-13(22-16(19)23-15)8-27-17-25-24-14(26(17)9-5-6-9)11-7-20-12-4-2-1-3-10(11)12/h1-4,7,9,20H,5-6,8H2,(H4,18,19,21,22,23). The average molecular weight is 379 g/mol. The Hall–Kier alpha value is -3.14. The van der Waals surface area contributed by atoms with E-state index >= 15 is 0 Å². The monoisotopic (exact) mass is 379 g/mol. The first-order valence-electron chi connectivity index (χ1n) is 8.59. The molecule has 1 saturated carbocycles. The molecule has 1 fully saturated rings. The highest BCUT2D eigenvalue weighted by atomic mass is 32.2. The minimum atomic E-state index is 0.126. The van der Waals surface area contributed by atoms with E-state index in [1.807, 2.05) is 18.3 Å². The highest BCUT2D eigenvalue weighted by Gasteiger charge is 2.31. The Morgan fingerprint density at radius 2 is 1.85 bits per heavy atom. The van der Waals surface area contributed by atoms with Crippen molar-refractivity contribution in [2.75, 3.05) is 11.5 Å². The highest BCUT2D eigenvalue weighted by molar-refractivity contribution is 7.98. The quantitative estimate of drug-likeness (QED) is 0.450. The van der Waals surface area contributed by atoms with Crippen molar-refractivity contribution in [2.45, 2.75) is 29.8 Å². The second-order valence-electron chi connectivity index (χ2n) is 6.41. The van der Waals surface area contributed by atoms with E-state index in [-0.39, 0.29) is 11.9 Å². The number of benzene rings is 1. The van der Waals surface area contributed by atoms with Crippen molar-refractivity contribution in [1.82, 2.24) is 34.7 Å². The number of nitrogens with one attached hydrogen (secondary N) is 1. The topological polar surface area (TPSA) is 137 Å². The summed E-state index contributed by atoms with van der Waals surface area (Å²) in [5.41, 5.74) is 13.4. The molecule has 0 atom stereocenters. The van der Waals surface area contributed by atoms with Gasteiger partial charge in [-0.3, -0.25) is 4.57 Å². The van der Waals surface area contributed by atoms with Crippen LogP contribution in [0.5, 0.6) is 0 Å². The summed E-state index contributed by atoms with van der Waals surface area (Å²) in [6, 6.07) is 8.63. The number of aromatic amines is 1. The van der Waals surface area contributed by atoms with Crippen LogP contribution in [0.2, 0.25) is 0 Å². The molecule has 0 bridgehead atoms. The molecule has 10 heteroatoms. The predicted molar refractivity (Wildman–Crippen MR) is 104 cm³/mol. The molecule has 3 aromatic heterocycles. The molecule has 5 rings (SSSR count). The zero-order chi connectivity index (χ0) is 18.4. The van der Waals surface area contributed by atoms with E-state index in [1.54, 1.807) is 0 Å². The van der Waals surface area contributed by atoms with Crippen LogP contribution >= 0.6 is 11.8 Å². The number of H-pyrrole nitrogens is 1. The number of hydrogen-bond donors (Lipinski definition) is 3. The number of hydrogen-bond acceptors (Lipinski definition) is 8. The molecular weight excluding hydrogens is 362 g/mol. The Kier molecular flexibility index (Phi) is 3.71. The Morgan fingerprint density at radius 3 is 2.63 bits per heavy atom. The lowest BCUT2D eigenvalue weighted by molar-refractivity contribution is 0.669. The van der Waals surface area contributed by atoms with E-state index in [0.29, 0.717) is 17.6 Å². The first-order chi connectivity index (χ1) is 13.2. The predicted octanol–water partition coefficient (Wildman–Crippen LogP) is 2.40. The molecular formula is C17H17N9S. The summed E-state index contributed by atoms with van der Waals surface area (Å²) in [5.74, 6) is 2.16. The Labute approximate surface area is 158 Å². The highest BCUT2D eigenvalue weighted by Crippen LogP contribution is 2.42. The minimum Gasteiger partial charge on any atom is -0.368 e. The summed E-state index contributed by atoms with van der Waals surface area (Å²) < 4.78 is 2.22. The Morgan fingerprint density at radius 1 is 1.07 bits per heavy atom. The van der Waals surface area contributed by atoms with Crippen LogP contribution in [0.3, 0.4) is 0 Å². The third kappa shape index (κ3) is 2.97. The van der Waals surface area contributed by atoms with Crippen molar-refractivity contribution in [2.24, 2.45) is 0 Å². The summed E-state index contributed by atoms with van der Waals surface area (Å²) in [5, 5.41) is 10.9. The second-order valence-corrected chi connectivity index (χ2v) is 7.35. The largest absolute Gasteiger partial charge is 0.368 e. The van der Waals surface area contributed by atoms with Gasteiger partial charge in [0.25, 0.3) is 0 Å².